The summed E-state index contributed by atoms with van der Waals surface area (Å²) in [5.41, 5.74) is 3.93. The minimum absolute atomic E-state index is 0.311. The van der Waals surface area contributed by atoms with E-state index < -0.39 is 0 Å². The molecule has 142 valence electrons. The molecule has 0 unspecified atom stereocenters. The van der Waals surface area contributed by atoms with Crippen LogP contribution in [0, 0.1) is 0 Å². The number of likely N-dealkylation sites (tertiary alicyclic amines) is 1. The Balaban J connectivity index is 1.23. The van der Waals surface area contributed by atoms with Crippen molar-refractivity contribution in [1.82, 2.24) is 10.2 Å². The van der Waals surface area contributed by atoms with Crippen molar-refractivity contribution in [2.45, 2.75) is 18.6 Å². The van der Waals surface area contributed by atoms with Crippen molar-refractivity contribution < 1.29 is 9.47 Å². The molecule has 5 rings (SSSR count). The van der Waals surface area contributed by atoms with Crippen molar-refractivity contribution in [3.8, 4) is 11.5 Å². The maximum atomic E-state index is 5.47. The molecule has 0 amide bonds. The van der Waals surface area contributed by atoms with E-state index >= 15 is 0 Å². The Morgan fingerprint density at radius 3 is 2.14 bits per heavy atom. The number of ether oxygens (including phenoxy) is 2. The summed E-state index contributed by atoms with van der Waals surface area (Å²) in [4.78, 5) is 2.54. The topological polar surface area (TPSA) is 33.7 Å². The average molecular weight is 372 g/mol. The number of benzene rings is 3. The molecule has 0 spiro atoms. The van der Waals surface area contributed by atoms with Gasteiger partial charge in [-0.1, -0.05) is 66.7 Å². The third-order valence-corrected chi connectivity index (χ3v) is 5.54. The lowest BCUT2D eigenvalue weighted by Gasteiger charge is -2.45. The first-order chi connectivity index (χ1) is 13.9. The Kier molecular flexibility index (Phi) is 4.73. The zero-order chi connectivity index (χ0) is 18.8. The minimum atomic E-state index is 0.311. The van der Waals surface area contributed by atoms with Crippen molar-refractivity contribution in [1.29, 1.82) is 0 Å². The molecular weight excluding hydrogens is 348 g/mol. The first-order valence-corrected chi connectivity index (χ1v) is 9.83. The summed E-state index contributed by atoms with van der Waals surface area (Å²) in [7, 11) is 0. The largest absolute Gasteiger partial charge is 0.454 e. The van der Waals surface area contributed by atoms with E-state index in [9.17, 15) is 0 Å². The highest BCUT2D eigenvalue weighted by molar-refractivity contribution is 5.44. The molecule has 0 radical (unpaired) electrons. The fourth-order valence-electron chi connectivity index (χ4n) is 4.05. The van der Waals surface area contributed by atoms with Crippen LogP contribution >= 0.6 is 0 Å². The van der Waals surface area contributed by atoms with Gasteiger partial charge in [-0.2, -0.15) is 0 Å². The standard InChI is InChI=1S/C24H24N2O2/c1-3-7-19(8-4-1)24(20-9-5-2-6-10-20)26-15-21(16-26)25-14-18-11-12-22-23(13-18)28-17-27-22/h1-13,21,24-25H,14-17H2. The van der Waals surface area contributed by atoms with Crippen LogP contribution in [-0.4, -0.2) is 30.8 Å². The van der Waals surface area contributed by atoms with E-state index in [4.69, 9.17) is 9.47 Å². The van der Waals surface area contributed by atoms with Crippen LogP contribution < -0.4 is 14.8 Å². The van der Waals surface area contributed by atoms with Crippen molar-refractivity contribution >= 4 is 0 Å². The molecule has 3 aromatic rings. The SMILES string of the molecule is c1ccc(C(c2ccccc2)N2CC(NCc3ccc4c(c3)OCO4)C2)cc1. The highest BCUT2D eigenvalue weighted by Crippen LogP contribution is 2.34. The van der Waals surface area contributed by atoms with Crippen LogP contribution in [0.25, 0.3) is 0 Å². The molecule has 2 aliphatic rings. The van der Waals surface area contributed by atoms with Gasteiger partial charge in [0, 0.05) is 25.7 Å². The van der Waals surface area contributed by atoms with Crippen molar-refractivity contribution in [2.75, 3.05) is 19.9 Å². The summed E-state index contributed by atoms with van der Waals surface area (Å²) in [5, 5.41) is 3.68. The molecule has 1 N–H and O–H groups in total. The summed E-state index contributed by atoms with van der Waals surface area (Å²) >= 11 is 0. The number of fused-ring (bicyclic) bond motifs is 1. The maximum Gasteiger partial charge on any atom is 0.231 e. The minimum Gasteiger partial charge on any atom is -0.454 e. The van der Waals surface area contributed by atoms with E-state index in [1.165, 1.54) is 16.7 Å². The Morgan fingerprint density at radius 2 is 1.46 bits per heavy atom. The van der Waals surface area contributed by atoms with Gasteiger partial charge in [-0.3, -0.25) is 4.90 Å². The molecule has 4 heteroatoms. The second-order valence-electron chi connectivity index (χ2n) is 7.44. The maximum absolute atomic E-state index is 5.47. The number of hydrogen-bond donors (Lipinski definition) is 1. The molecule has 0 aromatic heterocycles. The second kappa shape index (κ2) is 7.66. The van der Waals surface area contributed by atoms with Crippen LogP contribution in [0.4, 0.5) is 0 Å². The molecule has 2 heterocycles. The van der Waals surface area contributed by atoms with E-state index in [-0.39, 0.29) is 0 Å². The van der Waals surface area contributed by atoms with Crippen LogP contribution in [0.1, 0.15) is 22.7 Å². The summed E-state index contributed by atoms with van der Waals surface area (Å²) in [6.45, 7) is 3.25. The molecule has 28 heavy (non-hydrogen) atoms. The summed E-state index contributed by atoms with van der Waals surface area (Å²) in [6, 6.07) is 28.6. The monoisotopic (exact) mass is 372 g/mol. The van der Waals surface area contributed by atoms with Gasteiger partial charge in [0.25, 0.3) is 0 Å². The van der Waals surface area contributed by atoms with Gasteiger partial charge in [-0.25, -0.2) is 0 Å². The zero-order valence-corrected chi connectivity index (χ0v) is 15.8. The smallest absolute Gasteiger partial charge is 0.231 e. The predicted octanol–water partition coefficient (Wildman–Crippen LogP) is 3.98. The van der Waals surface area contributed by atoms with Crippen LogP contribution in [0.5, 0.6) is 11.5 Å². The van der Waals surface area contributed by atoms with Crippen LogP contribution in [0.15, 0.2) is 78.9 Å². The average Bonchev–Trinajstić information content (AvgIpc) is 3.19. The fraction of sp³-hybridized carbons (Fsp3) is 0.250. The lowest BCUT2D eigenvalue weighted by molar-refractivity contribution is 0.0922. The fourth-order valence-corrected chi connectivity index (χ4v) is 4.05. The first kappa shape index (κ1) is 17.3. The third kappa shape index (κ3) is 3.49. The van der Waals surface area contributed by atoms with Crippen LogP contribution in [-0.2, 0) is 6.54 Å². The van der Waals surface area contributed by atoms with E-state index in [2.05, 4.69) is 83.0 Å². The van der Waals surface area contributed by atoms with Gasteiger partial charge in [-0.15, -0.1) is 0 Å². The third-order valence-electron chi connectivity index (χ3n) is 5.54. The number of nitrogens with one attached hydrogen (secondary N) is 1. The number of rotatable bonds is 6. The van der Waals surface area contributed by atoms with E-state index in [0.29, 0.717) is 18.9 Å². The van der Waals surface area contributed by atoms with Crippen molar-refractivity contribution in [3.05, 3.63) is 95.6 Å². The summed E-state index contributed by atoms with van der Waals surface area (Å²) < 4.78 is 10.9. The molecule has 2 aliphatic heterocycles. The van der Waals surface area contributed by atoms with Gasteiger partial charge >= 0.3 is 0 Å². The van der Waals surface area contributed by atoms with Gasteiger partial charge in [-0.05, 0) is 28.8 Å². The Labute approximate surface area is 165 Å². The highest BCUT2D eigenvalue weighted by Gasteiger charge is 2.33. The molecule has 3 aromatic carbocycles. The molecule has 1 fully saturated rings. The van der Waals surface area contributed by atoms with Gasteiger partial charge < -0.3 is 14.8 Å². The normalized spacial score (nSPS) is 16.3. The summed E-state index contributed by atoms with van der Waals surface area (Å²) in [6.07, 6.45) is 0. The Hall–Kier alpha value is -2.82. The lowest BCUT2D eigenvalue weighted by Crippen LogP contribution is -2.58. The first-order valence-electron chi connectivity index (χ1n) is 9.83. The molecule has 0 atom stereocenters. The molecule has 4 nitrogen and oxygen atoms in total. The second-order valence-corrected chi connectivity index (χ2v) is 7.44. The van der Waals surface area contributed by atoms with Gasteiger partial charge in [0.15, 0.2) is 11.5 Å². The Bertz CT molecular complexity index is 884. The van der Waals surface area contributed by atoms with Gasteiger partial charge in [0.05, 0.1) is 6.04 Å². The van der Waals surface area contributed by atoms with Crippen molar-refractivity contribution in [3.63, 3.8) is 0 Å². The molecule has 0 bridgehead atoms. The summed E-state index contributed by atoms with van der Waals surface area (Å²) in [5.74, 6) is 1.69. The highest BCUT2D eigenvalue weighted by atomic mass is 16.7. The van der Waals surface area contributed by atoms with Gasteiger partial charge in [0.1, 0.15) is 0 Å². The zero-order valence-electron chi connectivity index (χ0n) is 15.8. The Morgan fingerprint density at radius 1 is 0.821 bits per heavy atom. The molecule has 1 saturated heterocycles. The van der Waals surface area contributed by atoms with E-state index in [1.807, 2.05) is 6.07 Å². The van der Waals surface area contributed by atoms with E-state index in [1.54, 1.807) is 0 Å². The molecule has 0 aliphatic carbocycles. The number of hydrogen-bond acceptors (Lipinski definition) is 4. The van der Waals surface area contributed by atoms with Crippen molar-refractivity contribution in [2.24, 2.45) is 0 Å². The quantitative estimate of drug-likeness (QED) is 0.710. The van der Waals surface area contributed by atoms with Crippen LogP contribution in [0.2, 0.25) is 0 Å². The van der Waals surface area contributed by atoms with Gasteiger partial charge in [0.2, 0.25) is 6.79 Å². The number of nitrogens with zero attached hydrogens (tertiary/aromatic N) is 1. The van der Waals surface area contributed by atoms with E-state index in [0.717, 1.165) is 31.1 Å². The lowest BCUT2D eigenvalue weighted by atomic mass is 9.93. The molecular formula is C24H24N2O2. The molecule has 0 saturated carbocycles. The predicted molar refractivity (Wildman–Crippen MR) is 109 cm³/mol. The van der Waals surface area contributed by atoms with Crippen LogP contribution in [0.3, 0.4) is 0 Å².